The van der Waals surface area contributed by atoms with Crippen LogP contribution in [0.25, 0.3) is 0 Å². The molecule has 0 aromatic heterocycles. The highest BCUT2D eigenvalue weighted by Crippen LogP contribution is 2.31. The summed E-state index contributed by atoms with van der Waals surface area (Å²) in [4.78, 5) is 11.8. The number of rotatable bonds is 4. The first kappa shape index (κ1) is 15.2. The van der Waals surface area contributed by atoms with Gasteiger partial charge in [0.1, 0.15) is 6.04 Å². The topological polar surface area (TPSA) is 49.8 Å². The van der Waals surface area contributed by atoms with E-state index < -0.39 is 24.6 Å². The van der Waals surface area contributed by atoms with E-state index in [9.17, 15) is 18.0 Å². The lowest BCUT2D eigenvalue weighted by Crippen LogP contribution is -2.58. The summed E-state index contributed by atoms with van der Waals surface area (Å²) in [5, 5.41) is 8.64. The standard InChI is InChI=1S/C11H18F3NO3/c1-3-8-6-18-7(2)5-15(8)9(4-10(16)17)11(12,13)14/h7-9H,3-6H2,1-2H3,(H,16,17). The molecule has 106 valence electrons. The van der Waals surface area contributed by atoms with Crippen LogP contribution in [0.4, 0.5) is 13.2 Å². The SMILES string of the molecule is CCC1COC(C)CN1C(CC(=O)O)C(F)(F)F. The normalized spacial score (nSPS) is 28.1. The molecule has 0 aromatic carbocycles. The number of carboxylic acid groups (broad SMARTS) is 1. The van der Waals surface area contributed by atoms with Gasteiger partial charge in [0.05, 0.1) is 19.1 Å². The Morgan fingerprint density at radius 3 is 2.61 bits per heavy atom. The second kappa shape index (κ2) is 5.88. The Balaban J connectivity index is 2.90. The van der Waals surface area contributed by atoms with Gasteiger partial charge < -0.3 is 9.84 Å². The molecule has 0 aromatic rings. The zero-order valence-corrected chi connectivity index (χ0v) is 10.4. The van der Waals surface area contributed by atoms with Crippen molar-refractivity contribution in [3.8, 4) is 0 Å². The lowest BCUT2D eigenvalue weighted by Gasteiger charge is -2.43. The molecular weight excluding hydrogens is 251 g/mol. The van der Waals surface area contributed by atoms with E-state index in [-0.39, 0.29) is 25.3 Å². The number of hydrogen-bond acceptors (Lipinski definition) is 3. The second-order valence-corrected chi connectivity index (χ2v) is 4.56. The predicted molar refractivity (Wildman–Crippen MR) is 58.3 cm³/mol. The summed E-state index contributed by atoms with van der Waals surface area (Å²) < 4.78 is 44.2. The van der Waals surface area contributed by atoms with Gasteiger partial charge in [-0.25, -0.2) is 0 Å². The smallest absolute Gasteiger partial charge is 0.404 e. The van der Waals surface area contributed by atoms with E-state index >= 15 is 0 Å². The van der Waals surface area contributed by atoms with Crippen molar-refractivity contribution in [2.75, 3.05) is 13.2 Å². The van der Waals surface area contributed by atoms with E-state index in [1.54, 1.807) is 13.8 Å². The number of nitrogens with zero attached hydrogens (tertiary/aromatic N) is 1. The number of ether oxygens (including phenoxy) is 1. The molecule has 0 spiro atoms. The summed E-state index contributed by atoms with van der Waals surface area (Å²) in [6, 6.07) is -2.32. The van der Waals surface area contributed by atoms with Crippen LogP contribution in [0, 0.1) is 0 Å². The summed E-state index contributed by atoms with van der Waals surface area (Å²) in [6.07, 6.45) is -5.28. The molecule has 0 saturated carbocycles. The Morgan fingerprint density at radius 1 is 1.56 bits per heavy atom. The molecule has 1 N–H and O–H groups in total. The fourth-order valence-corrected chi connectivity index (χ4v) is 2.19. The molecule has 3 unspecified atom stereocenters. The van der Waals surface area contributed by atoms with Crippen molar-refractivity contribution in [3.63, 3.8) is 0 Å². The summed E-state index contributed by atoms with van der Waals surface area (Å²) in [6.45, 7) is 3.78. The molecule has 0 aliphatic carbocycles. The number of carboxylic acids is 1. The van der Waals surface area contributed by atoms with E-state index in [0.29, 0.717) is 6.42 Å². The van der Waals surface area contributed by atoms with Gasteiger partial charge in [0.2, 0.25) is 0 Å². The molecule has 18 heavy (non-hydrogen) atoms. The molecule has 4 nitrogen and oxygen atoms in total. The molecular formula is C11H18F3NO3. The number of hydrogen-bond donors (Lipinski definition) is 1. The van der Waals surface area contributed by atoms with Gasteiger partial charge in [-0.3, -0.25) is 9.69 Å². The third-order valence-corrected chi connectivity index (χ3v) is 3.13. The predicted octanol–water partition coefficient (Wildman–Crippen LogP) is 1.89. The third kappa shape index (κ3) is 3.84. The first-order valence-electron chi connectivity index (χ1n) is 5.91. The highest BCUT2D eigenvalue weighted by molar-refractivity contribution is 5.67. The van der Waals surface area contributed by atoms with E-state index in [4.69, 9.17) is 9.84 Å². The maximum atomic E-state index is 13.0. The average molecular weight is 269 g/mol. The molecule has 1 aliphatic heterocycles. The van der Waals surface area contributed by atoms with E-state index in [1.165, 1.54) is 4.90 Å². The van der Waals surface area contributed by atoms with Crippen molar-refractivity contribution in [1.29, 1.82) is 0 Å². The molecule has 0 radical (unpaired) electrons. The van der Waals surface area contributed by atoms with Crippen molar-refractivity contribution >= 4 is 5.97 Å². The second-order valence-electron chi connectivity index (χ2n) is 4.56. The molecule has 1 heterocycles. The zero-order chi connectivity index (χ0) is 13.9. The van der Waals surface area contributed by atoms with Gasteiger partial charge in [0, 0.05) is 12.6 Å². The van der Waals surface area contributed by atoms with E-state index in [2.05, 4.69) is 0 Å². The Kier molecular flexibility index (Phi) is 4.98. The quantitative estimate of drug-likeness (QED) is 0.846. The molecule has 1 fully saturated rings. The molecule has 3 atom stereocenters. The first-order chi connectivity index (χ1) is 8.25. The molecule has 0 bridgehead atoms. The van der Waals surface area contributed by atoms with Gasteiger partial charge in [-0.1, -0.05) is 6.92 Å². The van der Waals surface area contributed by atoms with Crippen LogP contribution < -0.4 is 0 Å². The van der Waals surface area contributed by atoms with Gasteiger partial charge in [-0.05, 0) is 13.3 Å². The van der Waals surface area contributed by atoms with Crippen LogP contribution in [-0.2, 0) is 9.53 Å². The van der Waals surface area contributed by atoms with Gasteiger partial charge in [-0.15, -0.1) is 0 Å². The minimum Gasteiger partial charge on any atom is -0.481 e. The Morgan fingerprint density at radius 2 is 2.17 bits per heavy atom. The van der Waals surface area contributed by atoms with Crippen molar-refractivity contribution in [2.45, 2.75) is 51.1 Å². The monoisotopic (exact) mass is 269 g/mol. The summed E-state index contributed by atoms with van der Waals surface area (Å²) >= 11 is 0. The van der Waals surface area contributed by atoms with Gasteiger partial charge >= 0.3 is 12.1 Å². The van der Waals surface area contributed by atoms with Crippen LogP contribution >= 0.6 is 0 Å². The van der Waals surface area contributed by atoms with Crippen molar-refractivity contribution in [1.82, 2.24) is 4.90 Å². The minimum absolute atomic E-state index is 0.107. The largest absolute Gasteiger partial charge is 0.481 e. The van der Waals surface area contributed by atoms with E-state index in [0.717, 1.165) is 0 Å². The van der Waals surface area contributed by atoms with Crippen molar-refractivity contribution in [2.24, 2.45) is 0 Å². The lowest BCUT2D eigenvalue weighted by atomic mass is 10.0. The highest BCUT2D eigenvalue weighted by atomic mass is 19.4. The Bertz CT molecular complexity index is 296. The summed E-state index contributed by atoms with van der Waals surface area (Å²) in [5.41, 5.74) is 0. The van der Waals surface area contributed by atoms with Gasteiger partial charge in [0.15, 0.2) is 0 Å². The molecule has 1 rings (SSSR count). The number of carbonyl (C=O) groups is 1. The zero-order valence-electron chi connectivity index (χ0n) is 10.4. The Labute approximate surface area is 104 Å². The molecule has 1 aliphatic rings. The summed E-state index contributed by atoms with van der Waals surface area (Å²) in [7, 11) is 0. The number of alkyl halides is 3. The first-order valence-corrected chi connectivity index (χ1v) is 5.91. The van der Waals surface area contributed by atoms with E-state index in [1.807, 2.05) is 0 Å². The number of aliphatic carboxylic acids is 1. The fourth-order valence-electron chi connectivity index (χ4n) is 2.19. The Hall–Kier alpha value is -0.820. The third-order valence-electron chi connectivity index (χ3n) is 3.13. The number of morpholine rings is 1. The maximum Gasteiger partial charge on any atom is 0.404 e. The van der Waals surface area contributed by atoms with Crippen LogP contribution in [-0.4, -0.2) is 53.5 Å². The lowest BCUT2D eigenvalue weighted by molar-refractivity contribution is -0.211. The van der Waals surface area contributed by atoms with Crippen molar-refractivity contribution < 1.29 is 27.8 Å². The average Bonchev–Trinajstić information content (AvgIpc) is 2.24. The molecule has 0 amide bonds. The van der Waals surface area contributed by atoms with Gasteiger partial charge in [0.25, 0.3) is 0 Å². The van der Waals surface area contributed by atoms with Crippen LogP contribution in [0.2, 0.25) is 0 Å². The minimum atomic E-state index is -4.54. The van der Waals surface area contributed by atoms with Crippen molar-refractivity contribution in [3.05, 3.63) is 0 Å². The molecule has 1 saturated heterocycles. The van der Waals surface area contributed by atoms with Crippen LogP contribution in [0.15, 0.2) is 0 Å². The summed E-state index contributed by atoms with van der Waals surface area (Å²) in [5.74, 6) is -1.44. The van der Waals surface area contributed by atoms with Crippen LogP contribution in [0.5, 0.6) is 0 Å². The highest BCUT2D eigenvalue weighted by Gasteiger charge is 2.47. The number of halogens is 3. The van der Waals surface area contributed by atoms with Crippen LogP contribution in [0.3, 0.4) is 0 Å². The fraction of sp³-hybridized carbons (Fsp3) is 0.909. The van der Waals surface area contributed by atoms with Crippen LogP contribution in [0.1, 0.15) is 26.7 Å². The molecule has 7 heteroatoms. The maximum absolute atomic E-state index is 13.0. The van der Waals surface area contributed by atoms with Gasteiger partial charge in [-0.2, -0.15) is 13.2 Å².